The van der Waals surface area contributed by atoms with Gasteiger partial charge in [-0.25, -0.2) is 9.97 Å². The van der Waals surface area contributed by atoms with Gasteiger partial charge in [-0.15, -0.1) is 24.0 Å². The molecular formula is C19H31F3IN7. The van der Waals surface area contributed by atoms with Gasteiger partial charge in [0.1, 0.15) is 5.69 Å². The molecule has 1 unspecified atom stereocenters. The van der Waals surface area contributed by atoms with E-state index >= 15 is 0 Å². The van der Waals surface area contributed by atoms with E-state index in [1.807, 2.05) is 0 Å². The summed E-state index contributed by atoms with van der Waals surface area (Å²) in [5.41, 5.74) is -0.949. The van der Waals surface area contributed by atoms with Crippen LogP contribution in [-0.2, 0) is 6.18 Å². The van der Waals surface area contributed by atoms with Gasteiger partial charge in [0.05, 0.1) is 0 Å². The maximum absolute atomic E-state index is 12.7. The second-order valence-corrected chi connectivity index (χ2v) is 7.63. The van der Waals surface area contributed by atoms with Crippen LogP contribution in [0.2, 0.25) is 0 Å². The van der Waals surface area contributed by atoms with Gasteiger partial charge < -0.3 is 20.4 Å². The van der Waals surface area contributed by atoms with Crippen LogP contribution in [0.25, 0.3) is 0 Å². The molecular weight excluding hydrogens is 510 g/mol. The maximum atomic E-state index is 12.7. The van der Waals surface area contributed by atoms with Crippen molar-refractivity contribution in [3.05, 3.63) is 18.0 Å². The van der Waals surface area contributed by atoms with Gasteiger partial charge >= 0.3 is 6.18 Å². The molecule has 3 heterocycles. The van der Waals surface area contributed by atoms with Gasteiger partial charge in [-0.3, -0.25) is 4.99 Å². The topological polar surface area (TPSA) is 68.7 Å². The third-order valence-electron chi connectivity index (χ3n) is 5.40. The fraction of sp³-hybridized carbons (Fsp3) is 0.737. The number of likely N-dealkylation sites (tertiary alicyclic amines) is 2. The molecule has 1 aromatic rings. The number of rotatable bonds is 6. The summed E-state index contributed by atoms with van der Waals surface area (Å²) in [6.45, 7) is 6.45. The fourth-order valence-electron chi connectivity index (χ4n) is 3.96. The molecule has 0 spiro atoms. The van der Waals surface area contributed by atoms with Crippen molar-refractivity contribution in [1.82, 2.24) is 25.1 Å². The SMILES string of the molecule is CN=C(NCCNc1nccc(C(F)(F)F)n1)N1CCC(CN2CCCCC2)C1.I. The van der Waals surface area contributed by atoms with E-state index in [9.17, 15) is 13.2 Å². The number of hydrogen-bond donors (Lipinski definition) is 2. The number of alkyl halides is 3. The highest BCUT2D eigenvalue weighted by atomic mass is 127. The highest BCUT2D eigenvalue weighted by Crippen LogP contribution is 2.27. The molecule has 2 aliphatic heterocycles. The van der Waals surface area contributed by atoms with Gasteiger partial charge in [0, 0.05) is 46.0 Å². The van der Waals surface area contributed by atoms with Crippen LogP contribution < -0.4 is 10.6 Å². The number of aliphatic imine (C=N–C) groups is 1. The van der Waals surface area contributed by atoms with Crippen molar-refractivity contribution < 1.29 is 13.2 Å². The lowest BCUT2D eigenvalue weighted by Gasteiger charge is -2.29. The van der Waals surface area contributed by atoms with Gasteiger partial charge in [-0.2, -0.15) is 13.2 Å². The lowest BCUT2D eigenvalue weighted by atomic mass is 10.1. The molecule has 7 nitrogen and oxygen atoms in total. The third kappa shape index (κ3) is 7.40. The van der Waals surface area contributed by atoms with E-state index in [1.54, 1.807) is 7.05 Å². The normalized spacial score (nSPS) is 20.7. The Hall–Kier alpha value is -1.37. The van der Waals surface area contributed by atoms with Crippen LogP contribution in [0.4, 0.5) is 19.1 Å². The van der Waals surface area contributed by atoms with Crippen LogP contribution in [0, 0.1) is 5.92 Å². The van der Waals surface area contributed by atoms with Crippen LogP contribution in [0.15, 0.2) is 17.3 Å². The summed E-state index contributed by atoms with van der Waals surface area (Å²) in [5.74, 6) is 1.46. The molecule has 2 saturated heterocycles. The average molecular weight is 541 g/mol. The van der Waals surface area contributed by atoms with Crippen LogP contribution in [0.5, 0.6) is 0 Å². The zero-order chi connectivity index (χ0) is 20.7. The highest BCUT2D eigenvalue weighted by molar-refractivity contribution is 14.0. The zero-order valence-corrected chi connectivity index (χ0v) is 19.6. The highest BCUT2D eigenvalue weighted by Gasteiger charge is 2.32. The lowest BCUT2D eigenvalue weighted by Crippen LogP contribution is -2.42. The molecule has 0 aromatic carbocycles. The zero-order valence-electron chi connectivity index (χ0n) is 17.3. The molecule has 11 heteroatoms. The molecule has 1 atom stereocenters. The van der Waals surface area contributed by atoms with Gasteiger partial charge in [0.25, 0.3) is 0 Å². The van der Waals surface area contributed by atoms with Gasteiger partial charge in [0.15, 0.2) is 5.96 Å². The Bertz CT molecular complexity index is 680. The second-order valence-electron chi connectivity index (χ2n) is 7.63. The van der Waals surface area contributed by atoms with Gasteiger partial charge in [-0.05, 0) is 44.3 Å². The molecule has 2 aliphatic rings. The molecule has 2 fully saturated rings. The minimum atomic E-state index is -4.47. The third-order valence-corrected chi connectivity index (χ3v) is 5.40. The van der Waals surface area contributed by atoms with Crippen LogP contribution >= 0.6 is 24.0 Å². The van der Waals surface area contributed by atoms with E-state index in [4.69, 9.17) is 0 Å². The number of hydrogen-bond acceptors (Lipinski definition) is 5. The molecule has 30 heavy (non-hydrogen) atoms. The smallest absolute Gasteiger partial charge is 0.354 e. The van der Waals surface area contributed by atoms with E-state index < -0.39 is 11.9 Å². The van der Waals surface area contributed by atoms with Crippen molar-refractivity contribution in [3.8, 4) is 0 Å². The summed E-state index contributed by atoms with van der Waals surface area (Å²) >= 11 is 0. The Morgan fingerprint density at radius 3 is 2.67 bits per heavy atom. The first-order valence-corrected chi connectivity index (χ1v) is 10.3. The molecule has 0 bridgehead atoms. The first-order valence-electron chi connectivity index (χ1n) is 10.3. The Kier molecular flexibility index (Phi) is 9.85. The molecule has 0 amide bonds. The van der Waals surface area contributed by atoms with Crippen molar-refractivity contribution in [1.29, 1.82) is 0 Å². The van der Waals surface area contributed by atoms with E-state index in [1.165, 1.54) is 32.4 Å². The van der Waals surface area contributed by atoms with E-state index in [0.29, 0.717) is 19.0 Å². The first kappa shape index (κ1) is 24.9. The van der Waals surface area contributed by atoms with Gasteiger partial charge in [-0.1, -0.05) is 6.42 Å². The van der Waals surface area contributed by atoms with Gasteiger partial charge in [0.2, 0.25) is 5.95 Å². The van der Waals surface area contributed by atoms with E-state index in [0.717, 1.165) is 44.3 Å². The van der Waals surface area contributed by atoms with E-state index in [-0.39, 0.29) is 29.9 Å². The lowest BCUT2D eigenvalue weighted by molar-refractivity contribution is -0.141. The summed E-state index contributed by atoms with van der Waals surface area (Å²) in [6.07, 6.45) is 1.76. The predicted octanol–water partition coefficient (Wildman–Crippen LogP) is 2.91. The fourth-order valence-corrected chi connectivity index (χ4v) is 3.96. The number of piperidine rings is 1. The molecule has 0 radical (unpaired) electrons. The number of anilines is 1. The van der Waals surface area contributed by atoms with Crippen LogP contribution in [-0.4, -0.2) is 78.6 Å². The predicted molar refractivity (Wildman–Crippen MR) is 122 cm³/mol. The summed E-state index contributed by atoms with van der Waals surface area (Å²) in [7, 11) is 1.75. The maximum Gasteiger partial charge on any atom is 0.433 e. The molecule has 2 N–H and O–H groups in total. The molecule has 1 aromatic heterocycles. The standard InChI is InChI=1S/C19H30F3N7.HI/c1-23-18(29-12-6-15(14-29)13-28-10-3-2-4-11-28)26-9-8-25-17-24-7-5-16(27-17)19(20,21)22;/h5,7,15H,2-4,6,8-14H2,1H3,(H,23,26)(H,24,25,27);1H. The van der Waals surface area contributed by atoms with Crippen molar-refractivity contribution in [3.63, 3.8) is 0 Å². The minimum Gasteiger partial charge on any atom is -0.354 e. The largest absolute Gasteiger partial charge is 0.433 e. The number of guanidine groups is 1. The summed E-state index contributed by atoms with van der Waals surface area (Å²) < 4.78 is 38.1. The average Bonchev–Trinajstić information content (AvgIpc) is 3.16. The van der Waals surface area contributed by atoms with Crippen molar-refractivity contribution >= 4 is 35.9 Å². The molecule has 0 saturated carbocycles. The van der Waals surface area contributed by atoms with Crippen molar-refractivity contribution in [2.45, 2.75) is 31.9 Å². The van der Waals surface area contributed by atoms with Crippen molar-refractivity contribution in [2.24, 2.45) is 10.9 Å². The molecule has 170 valence electrons. The quantitative estimate of drug-likeness (QED) is 0.250. The monoisotopic (exact) mass is 541 g/mol. The van der Waals surface area contributed by atoms with Crippen LogP contribution in [0.3, 0.4) is 0 Å². The summed E-state index contributed by atoms with van der Waals surface area (Å²) in [6, 6.07) is 0.860. The Labute approximate surface area is 192 Å². The minimum absolute atomic E-state index is 0. The summed E-state index contributed by atoms with van der Waals surface area (Å²) in [4.78, 5) is 16.5. The molecule has 0 aliphatic carbocycles. The van der Waals surface area contributed by atoms with Crippen molar-refractivity contribution in [2.75, 3.05) is 58.2 Å². The number of halogens is 4. The van der Waals surface area contributed by atoms with E-state index in [2.05, 4.69) is 35.4 Å². The number of aromatic nitrogens is 2. The Balaban J connectivity index is 0.00000320. The second kappa shape index (κ2) is 11.9. The van der Waals surface area contributed by atoms with Crippen LogP contribution in [0.1, 0.15) is 31.4 Å². The molecule has 3 rings (SSSR count). The first-order chi connectivity index (χ1) is 14.0. The summed E-state index contributed by atoms with van der Waals surface area (Å²) in [5, 5.41) is 6.10. The number of nitrogens with zero attached hydrogens (tertiary/aromatic N) is 5. The Morgan fingerprint density at radius 1 is 1.20 bits per heavy atom. The Morgan fingerprint density at radius 2 is 1.97 bits per heavy atom. The number of nitrogens with one attached hydrogen (secondary N) is 2.